The first kappa shape index (κ1) is 16.8. The van der Waals surface area contributed by atoms with Crippen LogP contribution in [0.25, 0.3) is 0 Å². The van der Waals surface area contributed by atoms with Gasteiger partial charge in [0.05, 0.1) is 13.2 Å². The Morgan fingerprint density at radius 1 is 1.50 bits per heavy atom. The van der Waals surface area contributed by atoms with Gasteiger partial charge in [0, 0.05) is 32.4 Å². The number of carbonyl (C=O) groups is 1. The van der Waals surface area contributed by atoms with E-state index in [9.17, 15) is 4.79 Å². The van der Waals surface area contributed by atoms with Gasteiger partial charge >= 0.3 is 5.97 Å². The van der Waals surface area contributed by atoms with Crippen molar-refractivity contribution in [1.29, 1.82) is 0 Å². The maximum Gasteiger partial charge on any atom is 0.373 e. The lowest BCUT2D eigenvalue weighted by Gasteiger charge is -2.36. The molecule has 6 heteroatoms. The molecular formula is C18H25N3O3. The Bertz CT molecular complexity index is 691. The van der Waals surface area contributed by atoms with Gasteiger partial charge in [-0.3, -0.25) is 4.90 Å². The molecule has 0 aromatic carbocycles. The smallest absolute Gasteiger partial charge is 0.373 e. The number of nitrogens with zero attached hydrogens (tertiary/aromatic N) is 3. The van der Waals surface area contributed by atoms with Crippen LogP contribution in [0.1, 0.15) is 47.9 Å². The number of aromatic nitrogens is 2. The molecule has 24 heavy (non-hydrogen) atoms. The fraction of sp³-hybridized carbons (Fsp3) is 0.556. The average molecular weight is 331 g/mol. The van der Waals surface area contributed by atoms with Gasteiger partial charge in [0.2, 0.25) is 5.76 Å². The standard InChI is InChI=1S/C18H25N3O3/c1-13(15-6-7-16(24-15)18(22)23-3)21-9-4-5-14(12-21)11-17-19-8-10-20(17)2/h6-8,10,13-14H,4-5,9,11-12H2,1-3H3. The maximum atomic E-state index is 11.5. The van der Waals surface area contributed by atoms with Gasteiger partial charge in [-0.15, -0.1) is 0 Å². The summed E-state index contributed by atoms with van der Waals surface area (Å²) in [5.74, 6) is 2.38. The third-order valence-corrected chi connectivity index (χ3v) is 4.92. The first-order valence-electron chi connectivity index (χ1n) is 8.46. The lowest BCUT2D eigenvalue weighted by molar-refractivity contribution is 0.0555. The van der Waals surface area contributed by atoms with Crippen LogP contribution in [-0.4, -0.2) is 40.6 Å². The van der Waals surface area contributed by atoms with Crippen LogP contribution < -0.4 is 0 Å². The van der Waals surface area contributed by atoms with Gasteiger partial charge in [0.1, 0.15) is 11.6 Å². The molecule has 3 heterocycles. The van der Waals surface area contributed by atoms with E-state index in [1.54, 1.807) is 6.07 Å². The lowest BCUT2D eigenvalue weighted by atomic mass is 9.93. The summed E-state index contributed by atoms with van der Waals surface area (Å²) >= 11 is 0. The van der Waals surface area contributed by atoms with Crippen LogP contribution in [0.5, 0.6) is 0 Å². The number of furan rings is 1. The summed E-state index contributed by atoms with van der Waals surface area (Å²) < 4.78 is 12.5. The molecule has 2 aromatic rings. The summed E-state index contributed by atoms with van der Waals surface area (Å²) in [6, 6.07) is 3.71. The van der Waals surface area contributed by atoms with E-state index in [1.807, 2.05) is 25.5 Å². The van der Waals surface area contributed by atoms with Crippen LogP contribution >= 0.6 is 0 Å². The Kier molecular flexibility index (Phi) is 5.04. The Morgan fingerprint density at radius 2 is 2.33 bits per heavy atom. The molecule has 6 nitrogen and oxygen atoms in total. The number of rotatable bonds is 5. The number of methoxy groups -OCH3 is 1. The molecule has 3 rings (SSSR count). The van der Waals surface area contributed by atoms with Crippen molar-refractivity contribution in [1.82, 2.24) is 14.5 Å². The molecule has 2 aromatic heterocycles. The van der Waals surface area contributed by atoms with Crippen molar-refractivity contribution in [3.63, 3.8) is 0 Å². The van der Waals surface area contributed by atoms with Gasteiger partial charge in [-0.25, -0.2) is 9.78 Å². The summed E-state index contributed by atoms with van der Waals surface area (Å²) in [7, 11) is 3.41. The van der Waals surface area contributed by atoms with Crippen molar-refractivity contribution >= 4 is 5.97 Å². The second-order valence-electron chi connectivity index (χ2n) is 6.53. The first-order chi connectivity index (χ1) is 11.6. The maximum absolute atomic E-state index is 11.5. The van der Waals surface area contributed by atoms with Gasteiger partial charge in [-0.05, 0) is 44.4 Å². The Labute approximate surface area is 142 Å². The van der Waals surface area contributed by atoms with Crippen molar-refractivity contribution < 1.29 is 13.9 Å². The number of piperidine rings is 1. The Balaban J connectivity index is 1.64. The molecule has 0 saturated carbocycles. The molecule has 2 atom stereocenters. The third-order valence-electron chi connectivity index (χ3n) is 4.92. The number of imidazole rings is 1. The molecule has 1 saturated heterocycles. The first-order valence-corrected chi connectivity index (χ1v) is 8.46. The topological polar surface area (TPSA) is 60.5 Å². The van der Waals surface area contributed by atoms with Crippen LogP contribution in [0.2, 0.25) is 0 Å². The number of hydrogen-bond acceptors (Lipinski definition) is 5. The fourth-order valence-electron chi connectivity index (χ4n) is 3.43. The van der Waals surface area contributed by atoms with E-state index in [0.717, 1.165) is 31.1 Å². The van der Waals surface area contributed by atoms with Crippen molar-refractivity contribution in [2.45, 2.75) is 32.2 Å². The van der Waals surface area contributed by atoms with Crippen LogP contribution in [0.3, 0.4) is 0 Å². The summed E-state index contributed by atoms with van der Waals surface area (Å²) in [6.07, 6.45) is 7.25. The van der Waals surface area contributed by atoms with Crippen LogP contribution in [0, 0.1) is 5.92 Å². The number of aryl methyl sites for hydroxylation is 1. The highest BCUT2D eigenvalue weighted by atomic mass is 16.5. The van der Waals surface area contributed by atoms with Crippen LogP contribution in [0.4, 0.5) is 0 Å². The molecule has 0 bridgehead atoms. The predicted molar refractivity (Wildman–Crippen MR) is 89.7 cm³/mol. The van der Waals surface area contributed by atoms with E-state index >= 15 is 0 Å². The second kappa shape index (κ2) is 7.21. The highest BCUT2D eigenvalue weighted by Crippen LogP contribution is 2.29. The zero-order valence-electron chi connectivity index (χ0n) is 14.6. The van der Waals surface area contributed by atoms with Gasteiger partial charge < -0.3 is 13.7 Å². The highest BCUT2D eigenvalue weighted by molar-refractivity contribution is 5.86. The summed E-state index contributed by atoms with van der Waals surface area (Å²) in [5.41, 5.74) is 0. The highest BCUT2D eigenvalue weighted by Gasteiger charge is 2.27. The zero-order chi connectivity index (χ0) is 17.1. The van der Waals surface area contributed by atoms with Gasteiger partial charge in [0.15, 0.2) is 0 Å². The zero-order valence-corrected chi connectivity index (χ0v) is 14.6. The fourth-order valence-corrected chi connectivity index (χ4v) is 3.43. The number of carbonyl (C=O) groups excluding carboxylic acids is 1. The van der Waals surface area contributed by atoms with Crippen molar-refractivity contribution in [3.8, 4) is 0 Å². The number of esters is 1. The molecule has 0 spiro atoms. The minimum Gasteiger partial charge on any atom is -0.463 e. The van der Waals surface area contributed by atoms with E-state index in [1.165, 1.54) is 20.0 Å². The molecule has 0 aliphatic carbocycles. The predicted octanol–water partition coefficient (Wildman–Crippen LogP) is 2.82. The number of likely N-dealkylation sites (tertiary alicyclic amines) is 1. The molecular weight excluding hydrogens is 306 g/mol. The number of hydrogen-bond donors (Lipinski definition) is 0. The van der Waals surface area contributed by atoms with Crippen molar-refractivity contribution in [3.05, 3.63) is 41.9 Å². The van der Waals surface area contributed by atoms with Gasteiger partial charge in [0.25, 0.3) is 0 Å². The largest absolute Gasteiger partial charge is 0.463 e. The van der Waals surface area contributed by atoms with E-state index in [0.29, 0.717) is 5.92 Å². The van der Waals surface area contributed by atoms with Gasteiger partial charge in [-0.1, -0.05) is 0 Å². The molecule has 1 aliphatic rings. The summed E-state index contributed by atoms with van der Waals surface area (Å²) in [5, 5.41) is 0. The van der Waals surface area contributed by atoms with E-state index < -0.39 is 5.97 Å². The average Bonchev–Trinajstić information content (AvgIpc) is 3.24. The second-order valence-corrected chi connectivity index (χ2v) is 6.53. The summed E-state index contributed by atoms with van der Waals surface area (Å²) in [6.45, 7) is 4.19. The molecule has 2 unspecified atom stereocenters. The molecule has 1 fully saturated rings. The normalized spacial score (nSPS) is 20.0. The molecule has 0 N–H and O–H groups in total. The van der Waals surface area contributed by atoms with Gasteiger partial charge in [-0.2, -0.15) is 0 Å². The van der Waals surface area contributed by atoms with Crippen molar-refractivity contribution in [2.24, 2.45) is 13.0 Å². The van der Waals surface area contributed by atoms with Crippen LogP contribution in [-0.2, 0) is 18.2 Å². The minimum absolute atomic E-state index is 0.146. The monoisotopic (exact) mass is 331 g/mol. The third kappa shape index (κ3) is 3.53. The minimum atomic E-state index is -0.431. The van der Waals surface area contributed by atoms with E-state index in [-0.39, 0.29) is 11.8 Å². The molecule has 0 amide bonds. The molecule has 130 valence electrons. The van der Waals surface area contributed by atoms with Crippen LogP contribution in [0.15, 0.2) is 28.9 Å². The molecule has 0 radical (unpaired) electrons. The van der Waals surface area contributed by atoms with E-state index in [4.69, 9.17) is 9.15 Å². The lowest BCUT2D eigenvalue weighted by Crippen LogP contribution is -2.38. The molecule has 1 aliphatic heterocycles. The SMILES string of the molecule is COC(=O)c1ccc(C(C)N2CCCC(Cc3nccn3C)C2)o1. The number of ether oxygens (including phenoxy) is 1. The summed E-state index contributed by atoms with van der Waals surface area (Å²) in [4.78, 5) is 18.4. The Hall–Kier alpha value is -2.08. The quantitative estimate of drug-likeness (QED) is 0.789. The van der Waals surface area contributed by atoms with E-state index in [2.05, 4.69) is 21.4 Å². The Morgan fingerprint density at radius 3 is 3.04 bits per heavy atom. The van der Waals surface area contributed by atoms with Crippen molar-refractivity contribution in [2.75, 3.05) is 20.2 Å².